The topological polar surface area (TPSA) is 0 Å². The number of alkyl halides is 3. The Morgan fingerprint density at radius 1 is 1.08 bits per heavy atom. The molecule has 0 saturated heterocycles. The monoisotopic (exact) mass is 182 g/mol. The van der Waals surface area contributed by atoms with Crippen molar-refractivity contribution in [1.29, 1.82) is 0 Å². The lowest BCUT2D eigenvalue weighted by Crippen LogP contribution is -2.34. The summed E-state index contributed by atoms with van der Waals surface area (Å²) in [6.45, 7) is 4.82. The Hall–Kier alpha value is -0.210. The highest BCUT2D eigenvalue weighted by Gasteiger charge is 2.48. The van der Waals surface area contributed by atoms with Gasteiger partial charge in [-0.1, -0.05) is 33.6 Å². The largest absolute Gasteiger partial charge is 0.394 e. The smallest absolute Gasteiger partial charge is 0.171 e. The van der Waals surface area contributed by atoms with E-state index in [1.54, 1.807) is 6.92 Å². The van der Waals surface area contributed by atoms with Gasteiger partial charge < -0.3 is 0 Å². The second-order valence-corrected chi connectivity index (χ2v) is 3.52. The molecule has 0 aromatic heterocycles. The van der Waals surface area contributed by atoms with Gasteiger partial charge >= 0.3 is 6.18 Å². The fraction of sp³-hybridized carbons (Fsp3) is 1.00. The summed E-state index contributed by atoms with van der Waals surface area (Å²) in [6.07, 6.45) is -2.13. The van der Waals surface area contributed by atoms with Gasteiger partial charge in [0.25, 0.3) is 0 Å². The SMILES string of the molecule is CCCCC(C)(CC)C(F)(F)F. The summed E-state index contributed by atoms with van der Waals surface area (Å²) in [5, 5.41) is 0. The Bertz CT molecular complexity index is 128. The second-order valence-electron chi connectivity index (χ2n) is 3.52. The summed E-state index contributed by atoms with van der Waals surface area (Å²) in [7, 11) is 0. The van der Waals surface area contributed by atoms with Crippen molar-refractivity contribution in [2.75, 3.05) is 0 Å². The van der Waals surface area contributed by atoms with E-state index in [1.807, 2.05) is 6.92 Å². The Kier molecular flexibility index (Phi) is 4.08. The molecule has 0 amide bonds. The fourth-order valence-electron chi connectivity index (χ4n) is 1.09. The maximum Gasteiger partial charge on any atom is 0.394 e. The van der Waals surface area contributed by atoms with Crippen molar-refractivity contribution in [1.82, 2.24) is 0 Å². The molecule has 0 N–H and O–H groups in total. The van der Waals surface area contributed by atoms with Crippen molar-refractivity contribution < 1.29 is 13.2 Å². The Morgan fingerprint density at radius 3 is 1.83 bits per heavy atom. The third-order valence-electron chi connectivity index (χ3n) is 2.55. The van der Waals surface area contributed by atoms with Crippen LogP contribution in [0.2, 0.25) is 0 Å². The van der Waals surface area contributed by atoms with Gasteiger partial charge in [-0.25, -0.2) is 0 Å². The Labute approximate surface area is 72.2 Å². The highest BCUT2D eigenvalue weighted by molar-refractivity contribution is 4.80. The average Bonchev–Trinajstić information content (AvgIpc) is 1.98. The molecule has 0 bridgehead atoms. The third-order valence-corrected chi connectivity index (χ3v) is 2.55. The van der Waals surface area contributed by atoms with Crippen LogP contribution >= 0.6 is 0 Å². The van der Waals surface area contributed by atoms with Crippen LogP contribution in [-0.2, 0) is 0 Å². The molecule has 0 aliphatic carbocycles. The summed E-state index contributed by atoms with van der Waals surface area (Å²) >= 11 is 0. The first kappa shape index (κ1) is 11.8. The van der Waals surface area contributed by atoms with Crippen LogP contribution in [0.3, 0.4) is 0 Å². The molecular formula is C9H17F3. The quantitative estimate of drug-likeness (QED) is 0.612. The minimum absolute atomic E-state index is 0.177. The zero-order valence-electron chi connectivity index (χ0n) is 7.96. The van der Waals surface area contributed by atoms with E-state index < -0.39 is 11.6 Å². The van der Waals surface area contributed by atoms with E-state index in [9.17, 15) is 13.2 Å². The van der Waals surface area contributed by atoms with Gasteiger partial charge in [-0.2, -0.15) is 13.2 Å². The van der Waals surface area contributed by atoms with Gasteiger partial charge in [-0.3, -0.25) is 0 Å². The minimum atomic E-state index is -4.04. The first-order valence-electron chi connectivity index (χ1n) is 4.44. The third kappa shape index (κ3) is 2.68. The summed E-state index contributed by atoms with van der Waals surface area (Å²) in [6, 6.07) is 0. The molecule has 12 heavy (non-hydrogen) atoms. The molecule has 1 atom stereocenters. The van der Waals surface area contributed by atoms with Crippen molar-refractivity contribution in [3.8, 4) is 0 Å². The lowest BCUT2D eigenvalue weighted by Gasteiger charge is -2.30. The van der Waals surface area contributed by atoms with E-state index >= 15 is 0 Å². The summed E-state index contributed by atoms with van der Waals surface area (Å²) in [5.74, 6) is 0. The van der Waals surface area contributed by atoms with Crippen LogP contribution in [0.5, 0.6) is 0 Å². The minimum Gasteiger partial charge on any atom is -0.171 e. The van der Waals surface area contributed by atoms with E-state index in [4.69, 9.17) is 0 Å². The van der Waals surface area contributed by atoms with Gasteiger partial charge in [-0.15, -0.1) is 0 Å². The van der Waals surface area contributed by atoms with Crippen LogP contribution in [0.15, 0.2) is 0 Å². The molecule has 0 fully saturated rings. The maximum atomic E-state index is 12.4. The summed E-state index contributed by atoms with van der Waals surface area (Å²) in [5.41, 5.74) is -1.47. The highest BCUT2D eigenvalue weighted by Crippen LogP contribution is 2.44. The second kappa shape index (κ2) is 4.15. The number of hydrogen-bond donors (Lipinski definition) is 0. The number of halogens is 3. The van der Waals surface area contributed by atoms with Crippen molar-refractivity contribution in [3.05, 3.63) is 0 Å². The van der Waals surface area contributed by atoms with Crippen molar-refractivity contribution in [2.24, 2.45) is 5.41 Å². The Morgan fingerprint density at radius 2 is 1.58 bits per heavy atom. The number of hydrogen-bond acceptors (Lipinski definition) is 0. The molecule has 0 aliphatic rings. The standard InChI is InChI=1S/C9H17F3/c1-4-6-7-8(3,5-2)9(10,11)12/h4-7H2,1-3H3. The van der Waals surface area contributed by atoms with Crippen LogP contribution in [-0.4, -0.2) is 6.18 Å². The summed E-state index contributed by atoms with van der Waals surface area (Å²) in [4.78, 5) is 0. The van der Waals surface area contributed by atoms with E-state index in [0.29, 0.717) is 6.42 Å². The fourth-order valence-corrected chi connectivity index (χ4v) is 1.09. The molecule has 74 valence electrons. The van der Waals surface area contributed by atoms with Crippen LogP contribution in [0.1, 0.15) is 46.5 Å². The van der Waals surface area contributed by atoms with Gasteiger partial charge in [0.2, 0.25) is 0 Å². The van der Waals surface area contributed by atoms with Crippen molar-refractivity contribution >= 4 is 0 Å². The van der Waals surface area contributed by atoms with E-state index in [-0.39, 0.29) is 12.8 Å². The molecule has 0 radical (unpaired) electrons. The van der Waals surface area contributed by atoms with Crippen molar-refractivity contribution in [2.45, 2.75) is 52.6 Å². The highest BCUT2D eigenvalue weighted by atomic mass is 19.4. The molecule has 3 heteroatoms. The van der Waals surface area contributed by atoms with Crippen LogP contribution in [0.4, 0.5) is 13.2 Å². The van der Waals surface area contributed by atoms with Crippen LogP contribution in [0, 0.1) is 5.41 Å². The first-order valence-corrected chi connectivity index (χ1v) is 4.44. The maximum absolute atomic E-state index is 12.4. The van der Waals surface area contributed by atoms with E-state index in [1.165, 1.54) is 6.92 Å². The van der Waals surface area contributed by atoms with E-state index in [2.05, 4.69) is 0 Å². The summed E-state index contributed by atoms with van der Waals surface area (Å²) < 4.78 is 37.3. The zero-order chi connectivity index (χ0) is 9.83. The molecule has 0 aromatic carbocycles. The predicted molar refractivity (Wildman–Crippen MR) is 44.0 cm³/mol. The molecule has 0 aliphatic heterocycles. The van der Waals surface area contributed by atoms with Gasteiger partial charge in [0.1, 0.15) is 0 Å². The first-order chi connectivity index (χ1) is 5.37. The van der Waals surface area contributed by atoms with Crippen LogP contribution < -0.4 is 0 Å². The van der Waals surface area contributed by atoms with Crippen LogP contribution in [0.25, 0.3) is 0 Å². The predicted octanol–water partition coefficient (Wildman–Crippen LogP) is 4.16. The van der Waals surface area contributed by atoms with Gasteiger partial charge in [0, 0.05) is 0 Å². The lowest BCUT2D eigenvalue weighted by molar-refractivity contribution is -0.221. The van der Waals surface area contributed by atoms with E-state index in [0.717, 1.165) is 6.42 Å². The molecule has 0 aromatic rings. The normalized spacial score (nSPS) is 17.5. The average molecular weight is 182 g/mol. The number of rotatable bonds is 4. The van der Waals surface area contributed by atoms with Gasteiger partial charge in [-0.05, 0) is 12.8 Å². The molecular weight excluding hydrogens is 165 g/mol. The molecule has 0 saturated carbocycles. The molecule has 0 spiro atoms. The lowest BCUT2D eigenvalue weighted by atomic mass is 9.82. The Balaban J connectivity index is 4.24. The van der Waals surface area contributed by atoms with Gasteiger partial charge in [0.15, 0.2) is 0 Å². The van der Waals surface area contributed by atoms with Crippen molar-refractivity contribution in [3.63, 3.8) is 0 Å². The molecule has 1 unspecified atom stereocenters. The van der Waals surface area contributed by atoms with Gasteiger partial charge in [0.05, 0.1) is 5.41 Å². The number of unbranched alkanes of at least 4 members (excludes halogenated alkanes) is 1. The molecule has 0 rings (SSSR count). The zero-order valence-corrected chi connectivity index (χ0v) is 7.96. The molecule has 0 heterocycles. The molecule has 0 nitrogen and oxygen atoms in total.